The van der Waals surface area contributed by atoms with Crippen molar-refractivity contribution in [2.24, 2.45) is 0 Å². The fraction of sp³-hybridized carbons (Fsp3) is 0.154. The summed E-state index contributed by atoms with van der Waals surface area (Å²) in [5.41, 5.74) is 2.57. The predicted molar refractivity (Wildman–Crippen MR) is 126 cm³/mol. The Labute approximate surface area is 191 Å². The molecule has 4 aromatic rings. The lowest BCUT2D eigenvalue weighted by atomic mass is 10.0. The number of carboxylic acid groups (broad SMARTS) is 1. The van der Waals surface area contributed by atoms with Crippen LogP contribution in [0.2, 0.25) is 5.02 Å². The molecule has 0 aliphatic carbocycles. The molecule has 0 aliphatic rings. The molecule has 0 spiro atoms. The number of rotatable bonds is 7. The predicted octanol–water partition coefficient (Wildman–Crippen LogP) is 6.49. The molecular weight excluding hydrogens is 424 g/mol. The molecule has 1 heterocycles. The number of hydrogen-bond donors (Lipinski definition) is 1. The highest BCUT2D eigenvalue weighted by Crippen LogP contribution is 2.37. The van der Waals surface area contributed by atoms with Crippen LogP contribution in [0.1, 0.15) is 20.3 Å². The van der Waals surface area contributed by atoms with Crippen molar-refractivity contribution in [3.8, 4) is 34.0 Å². The molecule has 0 radical (unpaired) electrons. The van der Waals surface area contributed by atoms with E-state index in [4.69, 9.17) is 21.4 Å². The minimum atomic E-state index is -1.34. The Morgan fingerprint density at radius 2 is 1.62 bits per heavy atom. The molecule has 4 rings (SSSR count). The first-order valence-electron chi connectivity index (χ1n) is 10.3. The molecule has 0 saturated carbocycles. The fourth-order valence-electron chi connectivity index (χ4n) is 3.42. The third-order valence-electron chi connectivity index (χ3n) is 5.49. The zero-order chi connectivity index (χ0) is 22.7. The quantitative estimate of drug-likeness (QED) is 0.352. The van der Waals surface area contributed by atoms with Crippen LogP contribution in [0.25, 0.3) is 28.2 Å². The molecule has 1 N–H and O–H groups in total. The molecule has 0 amide bonds. The van der Waals surface area contributed by atoms with E-state index in [9.17, 15) is 9.90 Å². The fourth-order valence-corrected chi connectivity index (χ4v) is 3.65. The van der Waals surface area contributed by atoms with Crippen molar-refractivity contribution in [1.29, 1.82) is 0 Å². The Morgan fingerprint density at radius 3 is 2.28 bits per heavy atom. The lowest BCUT2D eigenvalue weighted by Gasteiger charge is -2.26. The number of carboxylic acids is 1. The zero-order valence-corrected chi connectivity index (χ0v) is 18.6. The molecule has 1 aromatic heterocycles. The second kappa shape index (κ2) is 8.89. The summed E-state index contributed by atoms with van der Waals surface area (Å²) in [6.45, 7) is 3.36. The molecule has 32 heavy (non-hydrogen) atoms. The van der Waals surface area contributed by atoms with Crippen molar-refractivity contribution in [3.05, 3.63) is 90.0 Å². The molecule has 3 aromatic carbocycles. The van der Waals surface area contributed by atoms with Crippen LogP contribution in [0.4, 0.5) is 0 Å². The van der Waals surface area contributed by atoms with E-state index in [1.54, 1.807) is 19.9 Å². The van der Waals surface area contributed by atoms with Crippen LogP contribution in [0.3, 0.4) is 0 Å². The van der Waals surface area contributed by atoms with Crippen LogP contribution < -0.4 is 4.74 Å². The van der Waals surface area contributed by atoms with Crippen LogP contribution in [0.15, 0.2) is 84.9 Å². The maximum atomic E-state index is 11.8. The Morgan fingerprint density at radius 1 is 1.00 bits per heavy atom. The number of aromatic nitrogens is 2. The second-order valence-electron chi connectivity index (χ2n) is 7.63. The van der Waals surface area contributed by atoms with Gasteiger partial charge in [-0.1, -0.05) is 67.1 Å². The lowest BCUT2D eigenvalue weighted by molar-refractivity contribution is -0.153. The first-order valence-corrected chi connectivity index (χ1v) is 10.7. The van der Waals surface area contributed by atoms with Gasteiger partial charge in [-0.15, -0.1) is 0 Å². The zero-order valence-electron chi connectivity index (χ0n) is 17.8. The molecule has 1 unspecified atom stereocenters. The smallest absolute Gasteiger partial charge is 0.347 e. The molecule has 5 nitrogen and oxygen atoms in total. The van der Waals surface area contributed by atoms with Crippen LogP contribution in [-0.2, 0) is 4.79 Å². The van der Waals surface area contributed by atoms with Gasteiger partial charge in [-0.3, -0.25) is 0 Å². The van der Waals surface area contributed by atoms with E-state index in [-0.39, 0.29) is 0 Å². The summed E-state index contributed by atoms with van der Waals surface area (Å²) >= 11 is 6.51. The number of hydrogen-bond acceptors (Lipinski definition) is 3. The Balaban J connectivity index is 1.88. The maximum Gasteiger partial charge on any atom is 0.347 e. The van der Waals surface area contributed by atoms with Gasteiger partial charge in [0.25, 0.3) is 0 Å². The largest absolute Gasteiger partial charge is 0.478 e. The summed E-state index contributed by atoms with van der Waals surface area (Å²) in [7, 11) is 0. The molecule has 0 saturated heterocycles. The molecule has 0 bridgehead atoms. The van der Waals surface area contributed by atoms with Gasteiger partial charge >= 0.3 is 5.97 Å². The van der Waals surface area contributed by atoms with Crippen LogP contribution in [-0.4, -0.2) is 26.5 Å². The van der Waals surface area contributed by atoms with Gasteiger partial charge in [-0.25, -0.2) is 9.48 Å². The van der Waals surface area contributed by atoms with Gasteiger partial charge in [0.1, 0.15) is 5.75 Å². The van der Waals surface area contributed by atoms with E-state index < -0.39 is 11.6 Å². The normalized spacial score (nSPS) is 12.8. The lowest BCUT2D eigenvalue weighted by Crippen LogP contribution is -2.40. The number of ether oxygens (including phenoxy) is 1. The van der Waals surface area contributed by atoms with Crippen molar-refractivity contribution < 1.29 is 14.6 Å². The average Bonchev–Trinajstić information content (AvgIpc) is 3.25. The SMILES string of the molecule is CCC(C)(Oc1ccccc1-c1cc(-c2ccccc2Cl)n(-c2ccccc2)n1)C(=O)O. The summed E-state index contributed by atoms with van der Waals surface area (Å²) < 4.78 is 7.84. The first-order chi connectivity index (χ1) is 15.4. The summed E-state index contributed by atoms with van der Waals surface area (Å²) in [5.74, 6) is -0.552. The highest BCUT2D eigenvalue weighted by molar-refractivity contribution is 6.33. The summed E-state index contributed by atoms with van der Waals surface area (Å²) in [6.07, 6.45) is 0.319. The third kappa shape index (κ3) is 4.12. The number of carbonyl (C=O) groups is 1. The molecule has 0 aliphatic heterocycles. The van der Waals surface area contributed by atoms with Crippen molar-refractivity contribution in [3.63, 3.8) is 0 Å². The number of benzene rings is 3. The molecule has 1 atom stereocenters. The summed E-state index contributed by atoms with van der Waals surface area (Å²) in [6, 6.07) is 26.7. The van der Waals surface area contributed by atoms with Gasteiger partial charge in [0.05, 0.1) is 17.1 Å². The van der Waals surface area contributed by atoms with Crippen molar-refractivity contribution >= 4 is 17.6 Å². The molecular formula is C26H23ClN2O3. The number of aliphatic carboxylic acids is 1. The average molecular weight is 447 g/mol. The van der Waals surface area contributed by atoms with E-state index in [1.165, 1.54) is 0 Å². The van der Waals surface area contributed by atoms with Crippen molar-refractivity contribution in [2.45, 2.75) is 25.9 Å². The monoisotopic (exact) mass is 446 g/mol. The van der Waals surface area contributed by atoms with E-state index in [1.807, 2.05) is 83.5 Å². The Kier molecular flexibility index (Phi) is 6.01. The van der Waals surface area contributed by atoms with Crippen LogP contribution in [0.5, 0.6) is 5.75 Å². The van der Waals surface area contributed by atoms with E-state index in [0.717, 1.165) is 16.9 Å². The van der Waals surface area contributed by atoms with Crippen molar-refractivity contribution in [2.75, 3.05) is 0 Å². The highest BCUT2D eigenvalue weighted by atomic mass is 35.5. The molecule has 162 valence electrons. The number of nitrogens with zero attached hydrogens (tertiary/aromatic N) is 2. The van der Waals surface area contributed by atoms with Crippen molar-refractivity contribution in [1.82, 2.24) is 9.78 Å². The van der Waals surface area contributed by atoms with Crippen LogP contribution in [0, 0.1) is 0 Å². The Bertz CT molecular complexity index is 1250. The van der Waals surface area contributed by atoms with E-state index >= 15 is 0 Å². The van der Waals surface area contributed by atoms with Gasteiger partial charge in [-0.2, -0.15) is 5.10 Å². The summed E-state index contributed by atoms with van der Waals surface area (Å²) in [5, 5.41) is 15.1. The maximum absolute atomic E-state index is 11.8. The highest BCUT2D eigenvalue weighted by Gasteiger charge is 2.34. The van der Waals surface area contributed by atoms with E-state index in [0.29, 0.717) is 28.5 Å². The third-order valence-corrected chi connectivity index (χ3v) is 5.81. The van der Waals surface area contributed by atoms with Gasteiger partial charge in [-0.05, 0) is 49.7 Å². The topological polar surface area (TPSA) is 64.4 Å². The van der Waals surface area contributed by atoms with Gasteiger partial charge in [0.15, 0.2) is 0 Å². The minimum absolute atomic E-state index is 0.319. The minimum Gasteiger partial charge on any atom is -0.478 e. The van der Waals surface area contributed by atoms with Crippen LogP contribution >= 0.6 is 11.6 Å². The molecule has 6 heteroatoms. The molecule has 0 fully saturated rings. The Hall–Kier alpha value is -3.57. The first kappa shape index (κ1) is 21.7. The van der Waals surface area contributed by atoms with Gasteiger partial charge < -0.3 is 9.84 Å². The number of para-hydroxylation sites is 2. The standard InChI is InChI=1S/C26H23ClN2O3/c1-3-26(2,25(30)31)32-24-16-10-8-14-20(24)22-17-23(19-13-7-9-15-21(19)27)29(28-22)18-11-5-4-6-12-18/h4-17H,3H2,1-2H3,(H,30,31). The summed E-state index contributed by atoms with van der Waals surface area (Å²) in [4.78, 5) is 11.8. The number of halogens is 1. The van der Waals surface area contributed by atoms with E-state index in [2.05, 4.69) is 0 Å². The van der Waals surface area contributed by atoms with Gasteiger partial charge in [0, 0.05) is 16.1 Å². The van der Waals surface area contributed by atoms with Gasteiger partial charge in [0.2, 0.25) is 5.60 Å². The second-order valence-corrected chi connectivity index (χ2v) is 8.04.